The third-order valence-electron chi connectivity index (χ3n) is 8.42. The van der Waals surface area contributed by atoms with E-state index >= 15 is 0 Å². The lowest BCUT2D eigenvalue weighted by Gasteiger charge is -2.20. The van der Waals surface area contributed by atoms with E-state index in [1.165, 1.54) is 19.3 Å². The summed E-state index contributed by atoms with van der Waals surface area (Å²) in [5.41, 5.74) is 5.32. The Morgan fingerprint density at radius 2 is 1.15 bits per heavy atom. The van der Waals surface area contributed by atoms with Crippen molar-refractivity contribution in [2.45, 2.75) is 154 Å². The molecule has 5 N–H and O–H groups in total. The third kappa shape index (κ3) is 39.6. The Morgan fingerprint density at radius 1 is 0.627 bits per heavy atom. The Morgan fingerprint density at radius 3 is 1.75 bits per heavy atom. The third-order valence-corrected chi connectivity index (χ3v) is 9.37. The Bertz CT molecular complexity index is 1380. The number of hydrogen-bond donors (Lipinski definition) is 4. The second-order valence-corrected chi connectivity index (χ2v) is 15.4. The predicted octanol–water partition coefficient (Wildman–Crippen LogP) is 10.2. The molecule has 1 unspecified atom stereocenters. The molecule has 0 saturated heterocycles. The molecule has 0 rings (SSSR count). The van der Waals surface area contributed by atoms with E-state index in [1.807, 2.05) is 12.2 Å². The smallest absolute Gasteiger partial charge is 0.472 e. The highest BCUT2D eigenvalue weighted by Gasteiger charge is 2.28. The lowest BCUT2D eigenvalue weighted by Crippen LogP contribution is -2.34. The predicted molar refractivity (Wildman–Crippen MR) is 236 cm³/mol. The average molecular weight is 848 g/mol. The number of ether oxygens (including phenoxy) is 2. The number of esters is 2. The fourth-order valence-corrected chi connectivity index (χ4v) is 5.82. The van der Waals surface area contributed by atoms with Crippen molar-refractivity contribution in [3.63, 3.8) is 0 Å². The molecule has 0 aliphatic heterocycles. The van der Waals surface area contributed by atoms with E-state index in [9.17, 15) is 28.9 Å². The number of aliphatic carboxylic acids is 1. The van der Waals surface area contributed by atoms with E-state index < -0.39 is 63.8 Å². The van der Waals surface area contributed by atoms with Crippen LogP contribution in [0, 0.1) is 0 Å². The highest BCUT2D eigenvalue weighted by Crippen LogP contribution is 2.43. The molecule has 0 aliphatic rings. The number of carboxylic acid groups (broad SMARTS) is 1. The van der Waals surface area contributed by atoms with Gasteiger partial charge in [-0.1, -0.05) is 137 Å². The van der Waals surface area contributed by atoms with E-state index in [0.29, 0.717) is 19.3 Å². The Hall–Kier alpha value is -3.64. The van der Waals surface area contributed by atoms with Crippen LogP contribution in [0.1, 0.15) is 136 Å². The molecular weight excluding hydrogens is 773 g/mol. The van der Waals surface area contributed by atoms with Crippen LogP contribution >= 0.6 is 7.82 Å². The van der Waals surface area contributed by atoms with Crippen molar-refractivity contribution in [3.05, 3.63) is 97.2 Å². The van der Waals surface area contributed by atoms with Gasteiger partial charge in [0.1, 0.15) is 12.6 Å². The topological polar surface area (TPSA) is 192 Å². The first kappa shape index (κ1) is 55.4. The molecule has 13 heteroatoms. The number of hydrogen-bond acceptors (Lipinski definition) is 10. The van der Waals surface area contributed by atoms with Gasteiger partial charge in [-0.3, -0.25) is 23.4 Å². The van der Waals surface area contributed by atoms with Crippen LogP contribution in [0.25, 0.3) is 0 Å². The normalized spacial score (nSPS) is 15.2. The second kappa shape index (κ2) is 39.8. The summed E-state index contributed by atoms with van der Waals surface area (Å²) >= 11 is 0. The monoisotopic (exact) mass is 847 g/mol. The summed E-state index contributed by atoms with van der Waals surface area (Å²) in [4.78, 5) is 46.0. The molecular formula is C46H74NO11P. The number of phosphoric ester groups is 1. The van der Waals surface area contributed by atoms with Crippen LogP contribution in [0.3, 0.4) is 0 Å². The molecule has 0 amide bonds. The summed E-state index contributed by atoms with van der Waals surface area (Å²) in [5, 5.41) is 19.1. The first-order valence-corrected chi connectivity index (χ1v) is 22.9. The average Bonchev–Trinajstić information content (AvgIpc) is 3.20. The molecule has 12 nitrogen and oxygen atoms in total. The van der Waals surface area contributed by atoms with Crippen molar-refractivity contribution in [2.24, 2.45) is 5.73 Å². The second-order valence-electron chi connectivity index (χ2n) is 13.9. The molecule has 0 aromatic carbocycles. The van der Waals surface area contributed by atoms with Gasteiger partial charge >= 0.3 is 25.7 Å². The Labute approximate surface area is 354 Å². The van der Waals surface area contributed by atoms with Gasteiger partial charge in [0.2, 0.25) is 0 Å². The van der Waals surface area contributed by atoms with E-state index in [4.69, 9.17) is 24.8 Å². The van der Waals surface area contributed by atoms with Crippen molar-refractivity contribution in [2.75, 3.05) is 19.8 Å². The van der Waals surface area contributed by atoms with Gasteiger partial charge in [-0.05, 0) is 83.5 Å². The Kier molecular flexibility index (Phi) is 37.3. The molecule has 4 atom stereocenters. The quantitative estimate of drug-likeness (QED) is 0.0151. The molecule has 0 spiro atoms. The molecule has 0 aliphatic carbocycles. The zero-order valence-electron chi connectivity index (χ0n) is 35.7. The highest BCUT2D eigenvalue weighted by molar-refractivity contribution is 7.47. The fourth-order valence-electron chi connectivity index (χ4n) is 5.04. The SMILES string of the molecule is CC/C=C\C/C=C\C/C=C\C/C=C\CCCCCCC(=O)O[C@H](COC(=O)CCC[C@H](O)/C=C/C=C\C/C=C\C/C=C\CCCCC)COP(=O)(O)OC[C@H](N)C(=O)O. The summed E-state index contributed by atoms with van der Waals surface area (Å²) in [6.07, 6.45) is 46.5. The van der Waals surface area contributed by atoms with Gasteiger partial charge in [0.25, 0.3) is 0 Å². The number of unbranched alkanes of at least 4 members (excludes halogenated alkanes) is 7. The molecule has 0 heterocycles. The first-order valence-electron chi connectivity index (χ1n) is 21.4. The van der Waals surface area contributed by atoms with Crippen LogP contribution in [0.15, 0.2) is 97.2 Å². The van der Waals surface area contributed by atoms with Crippen LogP contribution < -0.4 is 5.73 Å². The van der Waals surface area contributed by atoms with Crippen molar-refractivity contribution in [1.82, 2.24) is 0 Å². The minimum absolute atomic E-state index is 0.0182. The van der Waals surface area contributed by atoms with Crippen molar-refractivity contribution >= 4 is 25.7 Å². The van der Waals surface area contributed by atoms with E-state index in [0.717, 1.165) is 70.6 Å². The van der Waals surface area contributed by atoms with Crippen LogP contribution in [0.4, 0.5) is 0 Å². The summed E-state index contributed by atoms with van der Waals surface area (Å²) in [5.74, 6) is -2.65. The number of nitrogens with two attached hydrogens (primary N) is 1. The lowest BCUT2D eigenvalue weighted by atomic mass is 10.1. The molecule has 0 fully saturated rings. The van der Waals surface area contributed by atoms with Crippen LogP contribution in [0.2, 0.25) is 0 Å². The van der Waals surface area contributed by atoms with E-state index in [1.54, 1.807) is 12.2 Å². The van der Waals surface area contributed by atoms with Gasteiger partial charge in [-0.25, -0.2) is 4.57 Å². The molecule has 59 heavy (non-hydrogen) atoms. The minimum atomic E-state index is -4.78. The molecule has 0 aromatic rings. The van der Waals surface area contributed by atoms with E-state index in [-0.39, 0.29) is 12.8 Å². The van der Waals surface area contributed by atoms with Crippen molar-refractivity contribution < 1.29 is 52.6 Å². The minimum Gasteiger partial charge on any atom is -0.480 e. The summed E-state index contributed by atoms with van der Waals surface area (Å²) in [6.45, 7) is 2.41. The number of carbonyl (C=O) groups is 3. The zero-order valence-corrected chi connectivity index (χ0v) is 36.6. The fraction of sp³-hybridized carbons (Fsp3) is 0.587. The van der Waals surface area contributed by atoms with Gasteiger partial charge in [-0.15, -0.1) is 0 Å². The molecule has 0 aromatic heterocycles. The van der Waals surface area contributed by atoms with Crippen LogP contribution in [-0.2, 0) is 37.5 Å². The molecule has 0 saturated carbocycles. The number of carboxylic acids is 1. The van der Waals surface area contributed by atoms with Crippen molar-refractivity contribution in [1.29, 1.82) is 0 Å². The number of phosphoric acid groups is 1. The maximum Gasteiger partial charge on any atom is 0.472 e. The van der Waals surface area contributed by atoms with Gasteiger partial charge in [0.05, 0.1) is 19.3 Å². The van der Waals surface area contributed by atoms with Gasteiger partial charge in [0.15, 0.2) is 6.10 Å². The lowest BCUT2D eigenvalue weighted by molar-refractivity contribution is -0.161. The maximum atomic E-state index is 12.6. The molecule has 334 valence electrons. The number of rotatable bonds is 38. The number of carbonyl (C=O) groups excluding carboxylic acids is 2. The maximum absolute atomic E-state index is 12.6. The van der Waals surface area contributed by atoms with Crippen LogP contribution in [-0.4, -0.2) is 71.1 Å². The Balaban J connectivity index is 4.63. The first-order chi connectivity index (χ1) is 28.5. The number of allylic oxidation sites excluding steroid dienone is 15. The van der Waals surface area contributed by atoms with E-state index in [2.05, 4.69) is 91.3 Å². The summed E-state index contributed by atoms with van der Waals surface area (Å²) in [6, 6.07) is -1.56. The number of aliphatic hydroxyl groups excluding tert-OH is 1. The zero-order chi connectivity index (χ0) is 43.7. The highest BCUT2D eigenvalue weighted by atomic mass is 31.2. The summed E-state index contributed by atoms with van der Waals surface area (Å²) in [7, 11) is -4.78. The van der Waals surface area contributed by atoms with Crippen LogP contribution in [0.5, 0.6) is 0 Å². The van der Waals surface area contributed by atoms with Gasteiger partial charge in [0, 0.05) is 12.8 Å². The largest absolute Gasteiger partial charge is 0.480 e. The number of aliphatic hydroxyl groups is 1. The molecule has 0 bridgehead atoms. The summed E-state index contributed by atoms with van der Waals surface area (Å²) < 4.78 is 32.5. The molecule has 0 radical (unpaired) electrons. The van der Waals surface area contributed by atoms with Crippen molar-refractivity contribution in [3.8, 4) is 0 Å². The standard InChI is InChI=1S/C46H74NO11P/c1-3-5-7-9-11-13-15-17-18-19-20-22-24-26-28-30-32-36-45(50)58-42(39-56-59(53,54)57-40-43(47)46(51)52)38-55-44(49)37-33-35-41(48)34-31-29-27-25-23-21-16-14-12-10-8-6-4-2/h5,7,11-14,17-18,20-23,27,29,31,34,41-43,48H,3-4,6,8-10,15-16,19,24-26,28,30,32-33,35-40,47H2,1-2H3,(H,51,52)(H,53,54)/b7-5-,13-11-,14-12-,18-17-,22-20-,23-21-,29-27-,34-31+/t41-,42-,43+/m1/s1. The van der Waals surface area contributed by atoms with Gasteiger partial charge in [-0.2, -0.15) is 0 Å². The van der Waals surface area contributed by atoms with Gasteiger partial charge < -0.3 is 30.3 Å².